The molecule has 0 bridgehead atoms. The molecule has 0 heterocycles. The maximum Gasteiger partial charge on any atom is 0.265 e. The first kappa shape index (κ1) is 17.7. The Labute approximate surface area is 152 Å². The van der Waals surface area contributed by atoms with Crippen molar-refractivity contribution < 1.29 is 13.9 Å². The summed E-state index contributed by atoms with van der Waals surface area (Å²) in [5.41, 5.74) is 3.13. The molecule has 1 aliphatic rings. The molecular formula is C20H21ClFNO2. The Balaban J connectivity index is 1.69. The molecule has 1 unspecified atom stereocenters. The van der Waals surface area contributed by atoms with Crippen LogP contribution in [0.25, 0.3) is 0 Å². The molecule has 132 valence electrons. The molecule has 0 saturated heterocycles. The number of rotatable bonds is 5. The monoisotopic (exact) mass is 361 g/mol. The number of nitrogens with one attached hydrogen (secondary N) is 1. The normalized spacial score (nSPS) is 14.5. The van der Waals surface area contributed by atoms with Gasteiger partial charge in [0, 0.05) is 5.69 Å². The Morgan fingerprint density at radius 2 is 1.96 bits per heavy atom. The van der Waals surface area contributed by atoms with Gasteiger partial charge in [-0.15, -0.1) is 0 Å². The second-order valence-electron chi connectivity index (χ2n) is 6.27. The van der Waals surface area contributed by atoms with Crippen LogP contribution in [0.3, 0.4) is 0 Å². The fraction of sp³-hybridized carbons (Fsp3) is 0.350. The molecule has 1 N–H and O–H groups in total. The first-order chi connectivity index (χ1) is 12.1. The molecule has 0 aliphatic heterocycles. The maximum absolute atomic E-state index is 13.2. The van der Waals surface area contributed by atoms with Gasteiger partial charge in [-0.2, -0.15) is 0 Å². The van der Waals surface area contributed by atoms with Crippen molar-refractivity contribution in [3.05, 3.63) is 58.4 Å². The molecule has 25 heavy (non-hydrogen) atoms. The van der Waals surface area contributed by atoms with Crippen LogP contribution in [0, 0.1) is 5.82 Å². The van der Waals surface area contributed by atoms with Gasteiger partial charge in [-0.05, 0) is 73.6 Å². The molecule has 0 spiro atoms. The van der Waals surface area contributed by atoms with Crippen molar-refractivity contribution in [1.82, 2.24) is 0 Å². The average Bonchev–Trinajstić information content (AvgIpc) is 2.62. The minimum absolute atomic E-state index is 0.0264. The van der Waals surface area contributed by atoms with Gasteiger partial charge in [-0.3, -0.25) is 4.79 Å². The second-order valence-corrected chi connectivity index (χ2v) is 6.68. The number of carbonyl (C=O) groups is 1. The number of hydrogen-bond donors (Lipinski definition) is 1. The van der Waals surface area contributed by atoms with Crippen molar-refractivity contribution in [3.8, 4) is 5.75 Å². The maximum atomic E-state index is 13.2. The largest absolute Gasteiger partial charge is 0.481 e. The molecule has 1 aliphatic carbocycles. The molecule has 1 amide bonds. The van der Waals surface area contributed by atoms with Gasteiger partial charge in [-0.25, -0.2) is 4.39 Å². The first-order valence-electron chi connectivity index (χ1n) is 8.61. The number of ether oxygens (including phenoxy) is 1. The molecule has 3 nitrogen and oxygen atoms in total. The van der Waals surface area contributed by atoms with Crippen molar-refractivity contribution in [3.63, 3.8) is 0 Å². The number of halogens is 2. The van der Waals surface area contributed by atoms with Gasteiger partial charge >= 0.3 is 0 Å². The number of anilines is 1. The van der Waals surface area contributed by atoms with E-state index >= 15 is 0 Å². The van der Waals surface area contributed by atoms with Crippen LogP contribution in [0.15, 0.2) is 36.4 Å². The molecule has 2 aromatic carbocycles. The van der Waals surface area contributed by atoms with E-state index in [4.69, 9.17) is 16.3 Å². The quantitative estimate of drug-likeness (QED) is 0.799. The highest BCUT2D eigenvalue weighted by atomic mass is 35.5. The zero-order valence-electron chi connectivity index (χ0n) is 14.1. The minimum atomic E-state index is -0.620. The SMILES string of the molecule is CCC(Oc1ccc2c(c1)CCCC2)C(=O)Nc1ccc(F)c(Cl)c1. The lowest BCUT2D eigenvalue weighted by molar-refractivity contribution is -0.122. The Morgan fingerprint density at radius 1 is 1.20 bits per heavy atom. The third-order valence-electron chi connectivity index (χ3n) is 4.45. The topological polar surface area (TPSA) is 38.3 Å². The van der Waals surface area contributed by atoms with Crippen LogP contribution in [-0.4, -0.2) is 12.0 Å². The molecule has 0 aromatic heterocycles. The van der Waals surface area contributed by atoms with Crippen LogP contribution >= 0.6 is 11.6 Å². The van der Waals surface area contributed by atoms with Crippen LogP contribution in [-0.2, 0) is 17.6 Å². The smallest absolute Gasteiger partial charge is 0.265 e. The van der Waals surface area contributed by atoms with E-state index in [1.807, 2.05) is 19.1 Å². The molecule has 0 saturated carbocycles. The van der Waals surface area contributed by atoms with Crippen LogP contribution in [0.4, 0.5) is 10.1 Å². The summed E-state index contributed by atoms with van der Waals surface area (Å²) < 4.78 is 19.1. The Kier molecular flexibility index (Phi) is 5.59. The standard InChI is InChI=1S/C20H21ClFNO2/c1-2-19(20(24)23-15-8-10-18(22)17(21)12-15)25-16-9-7-13-5-3-4-6-14(13)11-16/h7-12,19H,2-6H2,1H3,(H,23,24). The number of fused-ring (bicyclic) bond motifs is 1. The summed E-state index contributed by atoms with van der Waals surface area (Å²) in [5, 5.41) is 2.70. The molecule has 2 aromatic rings. The lowest BCUT2D eigenvalue weighted by Gasteiger charge is -2.20. The fourth-order valence-electron chi connectivity index (χ4n) is 3.07. The van der Waals surface area contributed by atoms with Crippen molar-refractivity contribution in [1.29, 1.82) is 0 Å². The number of hydrogen-bond acceptors (Lipinski definition) is 2. The highest BCUT2D eigenvalue weighted by molar-refractivity contribution is 6.31. The predicted molar refractivity (Wildman–Crippen MR) is 97.8 cm³/mol. The van der Waals surface area contributed by atoms with E-state index in [0.717, 1.165) is 12.8 Å². The van der Waals surface area contributed by atoms with E-state index in [2.05, 4.69) is 11.4 Å². The van der Waals surface area contributed by atoms with E-state index < -0.39 is 11.9 Å². The summed E-state index contributed by atoms with van der Waals surface area (Å²) in [6.07, 6.45) is 4.50. The van der Waals surface area contributed by atoms with Crippen LogP contribution < -0.4 is 10.1 Å². The average molecular weight is 362 g/mol. The molecule has 5 heteroatoms. The molecule has 0 radical (unpaired) electrons. The summed E-state index contributed by atoms with van der Waals surface area (Å²) in [5.74, 6) is -0.0836. The lowest BCUT2D eigenvalue weighted by Crippen LogP contribution is -2.32. The van der Waals surface area contributed by atoms with Gasteiger partial charge in [-0.1, -0.05) is 24.6 Å². The third-order valence-corrected chi connectivity index (χ3v) is 4.74. The highest BCUT2D eigenvalue weighted by Gasteiger charge is 2.20. The van der Waals surface area contributed by atoms with Gasteiger partial charge < -0.3 is 10.1 Å². The van der Waals surface area contributed by atoms with E-state index in [-0.39, 0.29) is 10.9 Å². The Hall–Kier alpha value is -2.07. The van der Waals surface area contributed by atoms with Gasteiger partial charge in [0.1, 0.15) is 11.6 Å². The van der Waals surface area contributed by atoms with Crippen molar-refractivity contribution in [2.45, 2.75) is 45.1 Å². The first-order valence-corrected chi connectivity index (χ1v) is 8.99. The summed E-state index contributed by atoms with van der Waals surface area (Å²) in [7, 11) is 0. The van der Waals surface area contributed by atoms with E-state index in [1.54, 1.807) is 0 Å². The zero-order valence-corrected chi connectivity index (χ0v) is 14.9. The van der Waals surface area contributed by atoms with E-state index in [0.29, 0.717) is 17.9 Å². The van der Waals surface area contributed by atoms with Gasteiger partial charge in [0.2, 0.25) is 0 Å². The van der Waals surface area contributed by atoms with Gasteiger partial charge in [0.05, 0.1) is 5.02 Å². The fourth-order valence-corrected chi connectivity index (χ4v) is 3.25. The highest BCUT2D eigenvalue weighted by Crippen LogP contribution is 2.26. The molecular weight excluding hydrogens is 341 g/mol. The Morgan fingerprint density at radius 3 is 2.68 bits per heavy atom. The van der Waals surface area contributed by atoms with Crippen LogP contribution in [0.1, 0.15) is 37.3 Å². The minimum Gasteiger partial charge on any atom is -0.481 e. The number of carbonyl (C=O) groups excluding carboxylic acids is 1. The second kappa shape index (κ2) is 7.87. The number of benzene rings is 2. The molecule has 0 fully saturated rings. The number of amides is 1. The molecule has 3 rings (SSSR count). The van der Waals surface area contributed by atoms with E-state index in [1.165, 1.54) is 42.2 Å². The van der Waals surface area contributed by atoms with Crippen LogP contribution in [0.5, 0.6) is 5.75 Å². The summed E-state index contributed by atoms with van der Waals surface area (Å²) >= 11 is 5.75. The van der Waals surface area contributed by atoms with E-state index in [9.17, 15) is 9.18 Å². The van der Waals surface area contributed by atoms with Gasteiger partial charge in [0.25, 0.3) is 5.91 Å². The van der Waals surface area contributed by atoms with Crippen LogP contribution in [0.2, 0.25) is 5.02 Å². The lowest BCUT2D eigenvalue weighted by atomic mass is 9.92. The Bertz CT molecular complexity index is 778. The van der Waals surface area contributed by atoms with Crippen molar-refractivity contribution in [2.24, 2.45) is 0 Å². The van der Waals surface area contributed by atoms with Gasteiger partial charge in [0.15, 0.2) is 6.10 Å². The molecule has 1 atom stereocenters. The van der Waals surface area contributed by atoms with Crippen molar-refractivity contribution >= 4 is 23.2 Å². The predicted octanol–water partition coefficient (Wildman–Crippen LogP) is 5.15. The summed E-state index contributed by atoms with van der Waals surface area (Å²) in [6, 6.07) is 10.1. The third kappa shape index (κ3) is 4.31. The number of aryl methyl sites for hydroxylation is 2. The summed E-state index contributed by atoms with van der Waals surface area (Å²) in [4.78, 5) is 12.5. The summed E-state index contributed by atoms with van der Waals surface area (Å²) in [6.45, 7) is 1.89. The van der Waals surface area contributed by atoms with Crippen molar-refractivity contribution in [2.75, 3.05) is 5.32 Å². The zero-order chi connectivity index (χ0) is 17.8.